The molecule has 0 radical (unpaired) electrons. The summed E-state index contributed by atoms with van der Waals surface area (Å²) in [6.07, 6.45) is 1.88. The van der Waals surface area contributed by atoms with Crippen LogP contribution in [0, 0.1) is 20.8 Å². The molecule has 0 unspecified atom stereocenters. The van der Waals surface area contributed by atoms with Crippen LogP contribution in [0.2, 0.25) is 0 Å². The average Bonchev–Trinajstić information content (AvgIpc) is 3.41. The van der Waals surface area contributed by atoms with Gasteiger partial charge in [0.15, 0.2) is 0 Å². The largest absolute Gasteiger partial charge is 0.379 e. The smallest absolute Gasteiger partial charge is 0.243 e. The number of amides is 1. The van der Waals surface area contributed by atoms with Crippen LogP contribution in [0.25, 0.3) is 16.9 Å². The predicted molar refractivity (Wildman–Crippen MR) is 164 cm³/mol. The third-order valence-corrected chi connectivity index (χ3v) is 9.40. The van der Waals surface area contributed by atoms with Crippen molar-refractivity contribution in [2.45, 2.75) is 25.7 Å². The molecule has 0 spiro atoms. The molecule has 220 valence electrons. The number of sulfonamides is 1. The first kappa shape index (κ1) is 29.7. The van der Waals surface area contributed by atoms with E-state index >= 15 is 0 Å². The van der Waals surface area contributed by atoms with Crippen LogP contribution in [0.4, 0.5) is 5.95 Å². The van der Waals surface area contributed by atoms with Gasteiger partial charge >= 0.3 is 0 Å². The second-order valence-electron chi connectivity index (χ2n) is 10.6. The molecular weight excluding hydrogens is 550 g/mol. The first-order chi connectivity index (χ1) is 20.2. The van der Waals surface area contributed by atoms with E-state index in [1.165, 1.54) is 4.31 Å². The van der Waals surface area contributed by atoms with Crippen LogP contribution < -0.4 is 5.32 Å². The summed E-state index contributed by atoms with van der Waals surface area (Å²) in [7, 11) is -3.93. The van der Waals surface area contributed by atoms with Gasteiger partial charge < -0.3 is 4.74 Å². The van der Waals surface area contributed by atoms with Crippen molar-refractivity contribution in [3.05, 3.63) is 95.7 Å². The highest BCUT2D eigenvalue weighted by Crippen LogP contribution is 2.26. The highest BCUT2D eigenvalue weighted by molar-refractivity contribution is 7.89. The molecule has 1 aliphatic heterocycles. The van der Waals surface area contributed by atoms with Crippen molar-refractivity contribution in [1.29, 1.82) is 0 Å². The molecule has 1 amide bonds. The monoisotopic (exact) mass is 587 g/mol. The highest BCUT2D eigenvalue weighted by Gasteiger charge is 2.28. The van der Waals surface area contributed by atoms with Gasteiger partial charge in [0.05, 0.1) is 30.3 Å². The molecule has 5 rings (SSSR count). The van der Waals surface area contributed by atoms with Crippen LogP contribution >= 0.6 is 0 Å². The van der Waals surface area contributed by atoms with Crippen molar-refractivity contribution in [3.8, 4) is 16.9 Å². The second kappa shape index (κ2) is 13.0. The molecule has 9 nitrogen and oxygen atoms in total. The van der Waals surface area contributed by atoms with Crippen LogP contribution in [0.5, 0.6) is 0 Å². The minimum atomic E-state index is -3.93. The molecule has 1 N–H and O–H groups in total. The molecule has 10 heteroatoms. The van der Waals surface area contributed by atoms with Gasteiger partial charge in [-0.25, -0.2) is 13.4 Å². The van der Waals surface area contributed by atoms with E-state index in [0.29, 0.717) is 31.4 Å². The normalized spacial score (nSPS) is 14.3. The Labute approximate surface area is 247 Å². The first-order valence-electron chi connectivity index (χ1n) is 14.1. The van der Waals surface area contributed by atoms with Crippen molar-refractivity contribution in [2.75, 3.05) is 51.3 Å². The lowest BCUT2D eigenvalue weighted by Gasteiger charge is -2.29. The predicted octanol–water partition coefficient (Wildman–Crippen LogP) is 4.43. The quantitative estimate of drug-likeness (QED) is 0.295. The Bertz CT molecular complexity index is 1630. The molecule has 0 saturated carbocycles. The minimum absolute atomic E-state index is 0.158. The maximum absolute atomic E-state index is 13.7. The Morgan fingerprint density at radius 2 is 1.67 bits per heavy atom. The van der Waals surface area contributed by atoms with E-state index in [1.54, 1.807) is 24.3 Å². The summed E-state index contributed by atoms with van der Waals surface area (Å²) in [4.78, 5) is 20.6. The van der Waals surface area contributed by atoms with Gasteiger partial charge in [0.25, 0.3) is 0 Å². The zero-order valence-electron chi connectivity index (χ0n) is 24.3. The lowest BCUT2D eigenvalue weighted by molar-refractivity contribution is -0.116. The van der Waals surface area contributed by atoms with Gasteiger partial charge in [0.2, 0.25) is 21.9 Å². The van der Waals surface area contributed by atoms with Crippen LogP contribution in [0.1, 0.15) is 16.7 Å². The minimum Gasteiger partial charge on any atom is -0.379 e. The van der Waals surface area contributed by atoms with E-state index in [4.69, 9.17) is 9.72 Å². The zero-order valence-corrected chi connectivity index (χ0v) is 25.1. The molecule has 1 fully saturated rings. The number of carbonyl (C=O) groups is 1. The molecule has 1 aliphatic rings. The molecule has 2 heterocycles. The number of aryl methyl sites for hydroxylation is 3. The molecule has 0 bridgehead atoms. The fourth-order valence-corrected chi connectivity index (χ4v) is 6.22. The van der Waals surface area contributed by atoms with E-state index in [2.05, 4.69) is 10.2 Å². The Morgan fingerprint density at radius 1 is 0.952 bits per heavy atom. The van der Waals surface area contributed by atoms with E-state index in [-0.39, 0.29) is 18.0 Å². The van der Waals surface area contributed by atoms with Gasteiger partial charge in [-0.15, -0.1) is 0 Å². The molecule has 0 aliphatic carbocycles. The van der Waals surface area contributed by atoms with Gasteiger partial charge in [-0.1, -0.05) is 54.1 Å². The van der Waals surface area contributed by atoms with Crippen LogP contribution in [-0.2, 0) is 19.6 Å². The number of morpholine rings is 1. The van der Waals surface area contributed by atoms with Crippen LogP contribution in [0.3, 0.4) is 0 Å². The molecule has 4 aromatic rings. The van der Waals surface area contributed by atoms with Crippen LogP contribution in [-0.4, -0.2) is 79.0 Å². The number of hydrogen-bond donors (Lipinski definition) is 1. The van der Waals surface area contributed by atoms with Crippen molar-refractivity contribution in [1.82, 2.24) is 18.8 Å². The summed E-state index contributed by atoms with van der Waals surface area (Å²) < 4.78 is 36.0. The number of benzene rings is 3. The zero-order chi connectivity index (χ0) is 29.7. The molecule has 42 heavy (non-hydrogen) atoms. The lowest BCUT2D eigenvalue weighted by Crippen LogP contribution is -2.45. The number of hydrogen-bond acceptors (Lipinski definition) is 6. The van der Waals surface area contributed by atoms with Crippen molar-refractivity contribution >= 4 is 21.9 Å². The van der Waals surface area contributed by atoms with Gasteiger partial charge in [-0.2, -0.15) is 4.31 Å². The number of carbonyl (C=O) groups excluding carboxylic acids is 1. The fourth-order valence-electron chi connectivity index (χ4n) is 4.83. The molecule has 1 saturated heterocycles. The van der Waals surface area contributed by atoms with Gasteiger partial charge in [-0.3, -0.25) is 19.6 Å². The second-order valence-corrected chi connectivity index (χ2v) is 12.5. The maximum atomic E-state index is 13.7. The Hall–Kier alpha value is -3.83. The summed E-state index contributed by atoms with van der Waals surface area (Å²) in [5.74, 6) is -0.147. The third kappa shape index (κ3) is 6.96. The lowest BCUT2D eigenvalue weighted by atomic mass is 10.1. The number of nitrogens with one attached hydrogen (secondary N) is 1. The Kier molecular flexibility index (Phi) is 9.18. The van der Waals surface area contributed by atoms with Crippen LogP contribution in [0.15, 0.2) is 83.9 Å². The number of anilines is 1. The summed E-state index contributed by atoms with van der Waals surface area (Å²) in [6.45, 7) is 8.97. The van der Waals surface area contributed by atoms with Gasteiger partial charge in [0, 0.05) is 43.6 Å². The Morgan fingerprint density at radius 3 is 2.36 bits per heavy atom. The highest BCUT2D eigenvalue weighted by atomic mass is 32.2. The standard InChI is InChI=1S/C32H37N5O4S/c1-24-9-13-29(14-10-24)42(39,40)36(16-15-35-17-19-41-20-18-35)23-31(38)34-32-33-30(27-7-5-4-6-8-27)22-37(32)28-12-11-25(2)26(3)21-28/h4-14,21-22H,15-20,23H2,1-3H3,(H,33,34,38). The molecule has 0 atom stereocenters. The molecule has 1 aromatic heterocycles. The molecular formula is C32H37N5O4S. The fraction of sp³-hybridized carbons (Fsp3) is 0.312. The number of nitrogens with zero attached hydrogens (tertiary/aromatic N) is 4. The molecule has 3 aromatic carbocycles. The van der Waals surface area contributed by atoms with E-state index < -0.39 is 15.9 Å². The van der Waals surface area contributed by atoms with Crippen molar-refractivity contribution < 1.29 is 17.9 Å². The van der Waals surface area contributed by atoms with E-state index in [0.717, 1.165) is 41.0 Å². The van der Waals surface area contributed by atoms with E-state index in [9.17, 15) is 13.2 Å². The Balaban J connectivity index is 1.43. The number of imidazole rings is 1. The number of rotatable bonds is 10. The maximum Gasteiger partial charge on any atom is 0.243 e. The van der Waals surface area contributed by atoms with E-state index in [1.807, 2.05) is 80.1 Å². The average molecular weight is 588 g/mol. The van der Waals surface area contributed by atoms with Gasteiger partial charge in [-0.05, 0) is 56.2 Å². The number of aromatic nitrogens is 2. The first-order valence-corrected chi connectivity index (χ1v) is 15.5. The van der Waals surface area contributed by atoms with Crippen molar-refractivity contribution in [2.24, 2.45) is 0 Å². The summed E-state index contributed by atoms with van der Waals surface area (Å²) in [5.41, 5.74) is 5.67. The summed E-state index contributed by atoms with van der Waals surface area (Å²) in [6, 6.07) is 22.5. The topological polar surface area (TPSA) is 96.8 Å². The summed E-state index contributed by atoms with van der Waals surface area (Å²) >= 11 is 0. The number of ether oxygens (including phenoxy) is 1. The van der Waals surface area contributed by atoms with Crippen molar-refractivity contribution in [3.63, 3.8) is 0 Å². The van der Waals surface area contributed by atoms with Gasteiger partial charge in [0.1, 0.15) is 0 Å². The third-order valence-electron chi connectivity index (χ3n) is 7.54. The summed E-state index contributed by atoms with van der Waals surface area (Å²) in [5, 5.41) is 2.91. The SMILES string of the molecule is Cc1ccc(S(=O)(=O)N(CCN2CCOCC2)CC(=O)Nc2nc(-c3ccccc3)cn2-c2ccc(C)c(C)c2)cc1.